The van der Waals surface area contributed by atoms with Crippen LogP contribution in [0.2, 0.25) is 0 Å². The highest BCUT2D eigenvalue weighted by molar-refractivity contribution is 5.51. The van der Waals surface area contributed by atoms with Gasteiger partial charge >= 0.3 is 0 Å². The number of nitrogens with one attached hydrogen (secondary N) is 1. The van der Waals surface area contributed by atoms with Crippen LogP contribution in [-0.2, 0) is 0 Å². The molecular formula is C10H9N5O. The van der Waals surface area contributed by atoms with Crippen LogP contribution >= 0.6 is 0 Å². The Morgan fingerprint density at radius 3 is 2.88 bits per heavy atom. The second-order valence-electron chi connectivity index (χ2n) is 3.40. The van der Waals surface area contributed by atoms with E-state index in [-0.39, 0.29) is 0 Å². The number of nitrogens with zero attached hydrogens (tertiary/aromatic N) is 4. The summed E-state index contributed by atoms with van der Waals surface area (Å²) in [5.74, 6) is 0.647. The number of hydrogen-bond donors (Lipinski definition) is 2. The summed E-state index contributed by atoms with van der Waals surface area (Å²) < 4.78 is 1.68. The maximum absolute atomic E-state index is 9.57. The molecule has 1 aliphatic heterocycles. The molecule has 0 spiro atoms. The van der Waals surface area contributed by atoms with E-state index in [4.69, 9.17) is 0 Å². The molecule has 6 nitrogen and oxygen atoms in total. The number of anilines is 1. The standard InChI is InChI=1S/C10H9N5O/c16-10-8-6-11-15(9(8)12-14-13-10)7-4-2-1-3-5-7/h1-6,10,16H,(H,12,13). The van der Waals surface area contributed by atoms with Crippen LogP contribution in [0.4, 0.5) is 5.82 Å². The highest BCUT2D eigenvalue weighted by Crippen LogP contribution is 2.29. The van der Waals surface area contributed by atoms with E-state index in [9.17, 15) is 5.11 Å². The zero-order chi connectivity index (χ0) is 11.0. The van der Waals surface area contributed by atoms with E-state index in [1.807, 2.05) is 30.3 Å². The Labute approximate surface area is 91.2 Å². The van der Waals surface area contributed by atoms with Gasteiger partial charge in [-0.3, -0.25) is 0 Å². The van der Waals surface area contributed by atoms with E-state index in [1.54, 1.807) is 10.9 Å². The predicted octanol–water partition coefficient (Wildman–Crippen LogP) is 1.66. The fraction of sp³-hybridized carbons (Fsp3) is 0.100. The van der Waals surface area contributed by atoms with Gasteiger partial charge in [-0.2, -0.15) is 5.10 Å². The Bertz CT molecular complexity index is 533. The summed E-state index contributed by atoms with van der Waals surface area (Å²) in [5.41, 5.74) is 4.27. The fourth-order valence-electron chi connectivity index (χ4n) is 1.62. The smallest absolute Gasteiger partial charge is 0.199 e. The van der Waals surface area contributed by atoms with Crippen molar-refractivity contribution in [2.75, 3.05) is 5.43 Å². The van der Waals surface area contributed by atoms with Gasteiger partial charge in [0.25, 0.3) is 0 Å². The van der Waals surface area contributed by atoms with Gasteiger partial charge in [-0.15, -0.1) is 5.11 Å². The van der Waals surface area contributed by atoms with Crippen molar-refractivity contribution < 1.29 is 5.11 Å². The number of rotatable bonds is 1. The van der Waals surface area contributed by atoms with Crippen LogP contribution in [0.1, 0.15) is 11.8 Å². The Morgan fingerprint density at radius 2 is 2.06 bits per heavy atom. The molecule has 80 valence electrons. The van der Waals surface area contributed by atoms with Crippen molar-refractivity contribution >= 4 is 5.82 Å². The van der Waals surface area contributed by atoms with E-state index >= 15 is 0 Å². The third-order valence-corrected chi connectivity index (χ3v) is 2.40. The Morgan fingerprint density at radius 1 is 1.25 bits per heavy atom. The first-order valence-electron chi connectivity index (χ1n) is 4.83. The molecule has 0 radical (unpaired) electrons. The lowest BCUT2D eigenvalue weighted by Gasteiger charge is -2.13. The topological polar surface area (TPSA) is 74.8 Å². The molecule has 0 amide bonds. The van der Waals surface area contributed by atoms with E-state index in [2.05, 4.69) is 20.9 Å². The molecule has 2 N–H and O–H groups in total. The highest BCUT2D eigenvalue weighted by atomic mass is 16.3. The minimum absolute atomic E-state index is 0.624. The van der Waals surface area contributed by atoms with Crippen LogP contribution in [0.5, 0.6) is 0 Å². The second-order valence-corrected chi connectivity index (χ2v) is 3.40. The predicted molar refractivity (Wildman–Crippen MR) is 57.0 cm³/mol. The van der Waals surface area contributed by atoms with Crippen molar-refractivity contribution in [1.82, 2.24) is 9.78 Å². The first-order chi connectivity index (χ1) is 7.86. The molecule has 0 bridgehead atoms. The molecule has 1 aromatic carbocycles. The van der Waals surface area contributed by atoms with Crippen molar-refractivity contribution in [3.63, 3.8) is 0 Å². The summed E-state index contributed by atoms with van der Waals surface area (Å²) in [6.45, 7) is 0. The van der Waals surface area contributed by atoms with Crippen LogP contribution in [-0.4, -0.2) is 14.9 Å². The molecule has 0 aliphatic carbocycles. The number of hydrogen-bond acceptors (Lipinski definition) is 5. The van der Waals surface area contributed by atoms with Crippen LogP contribution in [0, 0.1) is 0 Å². The summed E-state index contributed by atoms with van der Waals surface area (Å²) >= 11 is 0. The lowest BCUT2D eigenvalue weighted by molar-refractivity contribution is 0.177. The third-order valence-electron chi connectivity index (χ3n) is 2.40. The molecule has 16 heavy (non-hydrogen) atoms. The van der Waals surface area contributed by atoms with Crippen LogP contribution < -0.4 is 5.43 Å². The SMILES string of the molecule is OC1N=NNc2c1cnn2-c1ccccc1. The van der Waals surface area contributed by atoms with Gasteiger partial charge in [0.2, 0.25) is 0 Å². The van der Waals surface area contributed by atoms with Gasteiger partial charge in [0.05, 0.1) is 17.4 Å². The van der Waals surface area contributed by atoms with Crippen LogP contribution in [0.15, 0.2) is 46.9 Å². The van der Waals surface area contributed by atoms with Gasteiger partial charge in [-0.05, 0) is 12.1 Å². The zero-order valence-electron chi connectivity index (χ0n) is 8.28. The minimum atomic E-state index is -0.936. The average molecular weight is 215 g/mol. The molecule has 1 atom stereocenters. The fourth-order valence-corrected chi connectivity index (χ4v) is 1.62. The lowest BCUT2D eigenvalue weighted by atomic mass is 10.3. The summed E-state index contributed by atoms with van der Waals surface area (Å²) in [5, 5.41) is 21.0. The first kappa shape index (κ1) is 9.05. The Kier molecular flexibility index (Phi) is 1.94. The van der Waals surface area contributed by atoms with E-state index in [1.165, 1.54) is 0 Å². The van der Waals surface area contributed by atoms with Gasteiger partial charge in [0, 0.05) is 0 Å². The molecule has 1 unspecified atom stereocenters. The molecule has 6 heteroatoms. The normalized spacial score (nSPS) is 17.9. The van der Waals surface area contributed by atoms with Gasteiger partial charge in [0.15, 0.2) is 12.0 Å². The number of aliphatic hydroxyl groups excluding tert-OH is 1. The molecule has 2 aromatic rings. The summed E-state index contributed by atoms with van der Waals surface area (Å²) in [6.07, 6.45) is 0.645. The van der Waals surface area contributed by atoms with Gasteiger partial charge in [-0.1, -0.05) is 23.4 Å². The van der Waals surface area contributed by atoms with Crippen molar-refractivity contribution in [1.29, 1.82) is 0 Å². The Hall–Kier alpha value is -2.21. The molecule has 1 aromatic heterocycles. The largest absolute Gasteiger partial charge is 0.366 e. The number of benzene rings is 1. The number of fused-ring (bicyclic) bond motifs is 1. The summed E-state index contributed by atoms with van der Waals surface area (Å²) in [6, 6.07) is 9.62. The maximum Gasteiger partial charge on any atom is 0.199 e. The van der Waals surface area contributed by atoms with Crippen molar-refractivity contribution in [3.8, 4) is 5.69 Å². The van der Waals surface area contributed by atoms with Gasteiger partial charge in [0.1, 0.15) is 0 Å². The van der Waals surface area contributed by atoms with Crippen LogP contribution in [0.3, 0.4) is 0 Å². The molecule has 0 fully saturated rings. The lowest BCUT2D eigenvalue weighted by Crippen LogP contribution is -2.08. The summed E-state index contributed by atoms with van der Waals surface area (Å²) in [7, 11) is 0. The molecule has 0 saturated heterocycles. The molecular weight excluding hydrogens is 206 g/mol. The summed E-state index contributed by atoms with van der Waals surface area (Å²) in [4.78, 5) is 0. The minimum Gasteiger partial charge on any atom is -0.366 e. The van der Waals surface area contributed by atoms with E-state index in [0.717, 1.165) is 5.69 Å². The van der Waals surface area contributed by atoms with Crippen LogP contribution in [0.25, 0.3) is 5.69 Å². The molecule has 0 saturated carbocycles. The van der Waals surface area contributed by atoms with Crippen molar-refractivity contribution in [2.24, 2.45) is 10.3 Å². The van der Waals surface area contributed by atoms with E-state index in [0.29, 0.717) is 11.4 Å². The van der Waals surface area contributed by atoms with Crippen molar-refractivity contribution in [3.05, 3.63) is 42.1 Å². The number of aliphatic hydroxyl groups is 1. The van der Waals surface area contributed by atoms with Gasteiger partial charge < -0.3 is 5.11 Å². The monoisotopic (exact) mass is 215 g/mol. The first-order valence-corrected chi connectivity index (χ1v) is 4.83. The van der Waals surface area contributed by atoms with E-state index < -0.39 is 6.23 Å². The zero-order valence-corrected chi connectivity index (χ0v) is 8.28. The second kappa shape index (κ2) is 3.42. The maximum atomic E-state index is 9.57. The third kappa shape index (κ3) is 1.28. The van der Waals surface area contributed by atoms with Crippen molar-refractivity contribution in [2.45, 2.75) is 6.23 Å². The number of aromatic nitrogens is 2. The highest BCUT2D eigenvalue weighted by Gasteiger charge is 2.21. The number of para-hydroxylation sites is 1. The molecule has 2 heterocycles. The Balaban J connectivity index is 2.12. The average Bonchev–Trinajstić information content (AvgIpc) is 2.75. The molecule has 1 aliphatic rings. The van der Waals surface area contributed by atoms with Gasteiger partial charge in [-0.25, -0.2) is 10.1 Å². The molecule has 3 rings (SSSR count). The quantitative estimate of drug-likeness (QED) is 0.759.